The molecule has 0 saturated heterocycles. The van der Waals surface area contributed by atoms with Crippen molar-refractivity contribution in [3.8, 4) is 0 Å². The van der Waals surface area contributed by atoms with Crippen LogP contribution in [-0.4, -0.2) is 55.8 Å². The SMILES string of the molecule is CN(C)C1(CN(C)S(=O)(=O)c2ccnc(Cl)c2)CCC1. The third-order valence-electron chi connectivity index (χ3n) is 4.16. The fourth-order valence-electron chi connectivity index (χ4n) is 2.56. The summed E-state index contributed by atoms with van der Waals surface area (Å²) in [6, 6.07) is 2.86. The molecule has 0 bridgehead atoms. The summed E-state index contributed by atoms with van der Waals surface area (Å²) in [6.07, 6.45) is 4.61. The van der Waals surface area contributed by atoms with Gasteiger partial charge in [-0.05, 0) is 45.5 Å². The minimum atomic E-state index is -3.52. The maximum Gasteiger partial charge on any atom is 0.243 e. The van der Waals surface area contributed by atoms with Gasteiger partial charge >= 0.3 is 0 Å². The highest BCUT2D eigenvalue weighted by Crippen LogP contribution is 2.37. The summed E-state index contributed by atoms with van der Waals surface area (Å²) < 4.78 is 26.5. The molecule has 0 aromatic carbocycles. The van der Waals surface area contributed by atoms with E-state index in [-0.39, 0.29) is 15.6 Å². The highest BCUT2D eigenvalue weighted by molar-refractivity contribution is 7.89. The molecule has 2 rings (SSSR count). The van der Waals surface area contributed by atoms with E-state index < -0.39 is 10.0 Å². The predicted octanol–water partition coefficient (Wildman–Crippen LogP) is 1.84. The van der Waals surface area contributed by atoms with Crippen molar-refractivity contribution >= 4 is 21.6 Å². The Balaban J connectivity index is 2.22. The quantitative estimate of drug-likeness (QED) is 0.778. The third kappa shape index (κ3) is 2.83. The monoisotopic (exact) mass is 317 g/mol. The van der Waals surface area contributed by atoms with E-state index in [0.29, 0.717) is 6.54 Å². The summed E-state index contributed by atoms with van der Waals surface area (Å²) in [5.41, 5.74) is -0.0430. The molecule has 0 unspecified atom stereocenters. The fraction of sp³-hybridized carbons (Fsp3) is 0.615. The molecule has 0 N–H and O–H groups in total. The molecule has 1 aromatic heterocycles. The van der Waals surface area contributed by atoms with Crippen molar-refractivity contribution < 1.29 is 8.42 Å². The lowest BCUT2D eigenvalue weighted by molar-refractivity contribution is 0.0455. The van der Waals surface area contributed by atoms with Gasteiger partial charge in [0, 0.05) is 25.3 Å². The molecule has 0 spiro atoms. The minimum Gasteiger partial charge on any atom is -0.302 e. The van der Waals surface area contributed by atoms with Crippen LogP contribution in [0.5, 0.6) is 0 Å². The van der Waals surface area contributed by atoms with Gasteiger partial charge in [0.15, 0.2) is 0 Å². The Kier molecular flexibility index (Phi) is 4.39. The molecule has 5 nitrogen and oxygen atoms in total. The Morgan fingerprint density at radius 1 is 1.35 bits per heavy atom. The average Bonchev–Trinajstić information content (AvgIpc) is 2.32. The van der Waals surface area contributed by atoms with Crippen molar-refractivity contribution in [1.82, 2.24) is 14.2 Å². The smallest absolute Gasteiger partial charge is 0.243 e. The van der Waals surface area contributed by atoms with Crippen LogP contribution in [0.1, 0.15) is 19.3 Å². The second-order valence-electron chi connectivity index (χ2n) is 5.55. The van der Waals surface area contributed by atoms with Gasteiger partial charge in [0.05, 0.1) is 4.90 Å². The maximum absolute atomic E-state index is 12.5. The highest BCUT2D eigenvalue weighted by Gasteiger charge is 2.42. The molecule has 0 radical (unpaired) electrons. The van der Waals surface area contributed by atoms with Crippen LogP contribution in [0.25, 0.3) is 0 Å². The zero-order chi connectivity index (χ0) is 15.0. The van der Waals surface area contributed by atoms with Crippen molar-refractivity contribution in [2.24, 2.45) is 0 Å². The van der Waals surface area contributed by atoms with Crippen LogP contribution in [0.2, 0.25) is 5.15 Å². The molecule has 1 aliphatic carbocycles. The first kappa shape index (κ1) is 15.7. The summed E-state index contributed by atoms with van der Waals surface area (Å²) in [4.78, 5) is 6.13. The molecule has 112 valence electrons. The van der Waals surface area contributed by atoms with E-state index in [2.05, 4.69) is 9.88 Å². The van der Waals surface area contributed by atoms with Gasteiger partial charge in [-0.3, -0.25) is 0 Å². The zero-order valence-corrected chi connectivity index (χ0v) is 13.6. The van der Waals surface area contributed by atoms with Gasteiger partial charge in [0.1, 0.15) is 5.15 Å². The molecular formula is C13H20ClN3O2S. The Morgan fingerprint density at radius 2 is 2.00 bits per heavy atom. The van der Waals surface area contributed by atoms with Crippen LogP contribution in [0.15, 0.2) is 23.2 Å². The van der Waals surface area contributed by atoms with Crippen molar-refractivity contribution in [3.63, 3.8) is 0 Å². The molecule has 1 fully saturated rings. The summed E-state index contributed by atoms with van der Waals surface area (Å²) in [5, 5.41) is 0.186. The Bertz CT molecular complexity index is 585. The van der Waals surface area contributed by atoms with Gasteiger partial charge in [0.25, 0.3) is 0 Å². The van der Waals surface area contributed by atoms with Crippen LogP contribution in [0.4, 0.5) is 0 Å². The van der Waals surface area contributed by atoms with Crippen LogP contribution in [0, 0.1) is 0 Å². The first-order chi connectivity index (χ1) is 9.28. The molecule has 0 aliphatic heterocycles. The van der Waals surface area contributed by atoms with Gasteiger partial charge in [0.2, 0.25) is 10.0 Å². The predicted molar refractivity (Wildman–Crippen MR) is 79.3 cm³/mol. The van der Waals surface area contributed by atoms with Crippen LogP contribution >= 0.6 is 11.6 Å². The summed E-state index contributed by atoms with van der Waals surface area (Å²) in [6.45, 7) is 0.488. The van der Waals surface area contributed by atoms with E-state index in [1.54, 1.807) is 7.05 Å². The fourth-order valence-corrected chi connectivity index (χ4v) is 4.06. The maximum atomic E-state index is 12.5. The molecule has 20 heavy (non-hydrogen) atoms. The average molecular weight is 318 g/mol. The number of sulfonamides is 1. The van der Waals surface area contributed by atoms with Gasteiger partial charge in [-0.25, -0.2) is 13.4 Å². The third-order valence-corrected chi connectivity index (χ3v) is 6.16. The summed E-state index contributed by atoms with van der Waals surface area (Å²) >= 11 is 5.78. The first-order valence-electron chi connectivity index (χ1n) is 6.53. The second kappa shape index (κ2) is 5.60. The van der Waals surface area contributed by atoms with Gasteiger partial charge in [-0.1, -0.05) is 11.6 Å². The zero-order valence-electron chi connectivity index (χ0n) is 12.0. The normalized spacial score (nSPS) is 18.3. The summed E-state index contributed by atoms with van der Waals surface area (Å²) in [7, 11) is 2.10. The van der Waals surface area contributed by atoms with Crippen molar-refractivity contribution in [2.45, 2.75) is 29.7 Å². The first-order valence-corrected chi connectivity index (χ1v) is 8.35. The van der Waals surface area contributed by atoms with Crippen molar-refractivity contribution in [1.29, 1.82) is 0 Å². The molecule has 0 atom stereocenters. The number of nitrogens with zero attached hydrogens (tertiary/aromatic N) is 3. The van der Waals surface area contributed by atoms with Crippen LogP contribution in [-0.2, 0) is 10.0 Å². The molecular weight excluding hydrogens is 298 g/mol. The van der Waals surface area contributed by atoms with Gasteiger partial charge in [-0.2, -0.15) is 4.31 Å². The van der Waals surface area contributed by atoms with Gasteiger partial charge < -0.3 is 4.90 Å². The number of aromatic nitrogens is 1. The molecule has 0 amide bonds. The minimum absolute atomic E-state index is 0.0430. The molecule has 1 aromatic rings. The molecule has 1 aliphatic rings. The number of hydrogen-bond acceptors (Lipinski definition) is 4. The Hall–Kier alpha value is -0.690. The number of hydrogen-bond donors (Lipinski definition) is 0. The Morgan fingerprint density at radius 3 is 2.45 bits per heavy atom. The highest BCUT2D eigenvalue weighted by atomic mass is 35.5. The van der Waals surface area contributed by atoms with E-state index in [1.165, 1.54) is 22.6 Å². The number of likely N-dealkylation sites (N-methyl/N-ethyl adjacent to an activating group) is 2. The number of rotatable bonds is 5. The van der Waals surface area contributed by atoms with Crippen LogP contribution in [0.3, 0.4) is 0 Å². The molecule has 7 heteroatoms. The van der Waals surface area contributed by atoms with Gasteiger partial charge in [-0.15, -0.1) is 0 Å². The lowest BCUT2D eigenvalue weighted by Crippen LogP contribution is -2.57. The number of pyridine rings is 1. The van der Waals surface area contributed by atoms with E-state index in [9.17, 15) is 8.42 Å². The largest absolute Gasteiger partial charge is 0.302 e. The van der Waals surface area contributed by atoms with E-state index in [4.69, 9.17) is 11.6 Å². The van der Waals surface area contributed by atoms with Crippen molar-refractivity contribution in [2.75, 3.05) is 27.7 Å². The lowest BCUT2D eigenvalue weighted by atomic mass is 9.75. The van der Waals surface area contributed by atoms with Crippen LogP contribution < -0.4 is 0 Å². The topological polar surface area (TPSA) is 53.5 Å². The lowest BCUT2D eigenvalue weighted by Gasteiger charge is -2.48. The Labute approximate surface area is 125 Å². The standard InChI is InChI=1S/C13H20ClN3O2S/c1-16(2)13(6-4-7-13)10-17(3)20(18,19)11-5-8-15-12(14)9-11/h5,8-9H,4,6-7,10H2,1-3H3. The van der Waals surface area contributed by atoms with Crippen molar-refractivity contribution in [3.05, 3.63) is 23.5 Å². The van der Waals surface area contributed by atoms with E-state index in [0.717, 1.165) is 19.3 Å². The van der Waals surface area contributed by atoms with E-state index in [1.807, 2.05) is 14.1 Å². The van der Waals surface area contributed by atoms with E-state index >= 15 is 0 Å². The number of halogens is 1. The second-order valence-corrected chi connectivity index (χ2v) is 7.98. The molecule has 1 heterocycles. The summed E-state index contributed by atoms with van der Waals surface area (Å²) in [5.74, 6) is 0. The molecule has 1 saturated carbocycles.